The SMILES string of the molecule is CN(CCCN=NN)C1CCCC1. The molecule has 13 heavy (non-hydrogen) atoms. The molecule has 0 radical (unpaired) electrons. The molecule has 1 saturated carbocycles. The van der Waals surface area contributed by atoms with E-state index in [0.717, 1.165) is 25.6 Å². The highest BCUT2D eigenvalue weighted by molar-refractivity contribution is 4.74. The lowest BCUT2D eigenvalue weighted by molar-refractivity contribution is 0.244. The minimum absolute atomic E-state index is 0.758. The van der Waals surface area contributed by atoms with Crippen molar-refractivity contribution in [2.45, 2.75) is 38.1 Å². The van der Waals surface area contributed by atoms with Crippen LogP contribution < -0.4 is 5.84 Å². The maximum atomic E-state index is 4.91. The van der Waals surface area contributed by atoms with Crippen LogP contribution in [0.5, 0.6) is 0 Å². The molecule has 1 fully saturated rings. The second-order valence-corrected chi connectivity index (χ2v) is 3.75. The van der Waals surface area contributed by atoms with E-state index in [9.17, 15) is 0 Å². The Kier molecular flexibility index (Phi) is 4.75. The Hall–Kier alpha value is -0.640. The fraction of sp³-hybridized carbons (Fsp3) is 1.00. The third kappa shape index (κ3) is 3.72. The number of nitrogens with two attached hydrogens (primary N) is 1. The number of hydrogen-bond acceptors (Lipinski definition) is 3. The summed E-state index contributed by atoms with van der Waals surface area (Å²) in [5, 5.41) is 6.98. The summed E-state index contributed by atoms with van der Waals surface area (Å²) < 4.78 is 0. The van der Waals surface area contributed by atoms with Crippen molar-refractivity contribution in [3.8, 4) is 0 Å². The molecule has 0 bridgehead atoms. The van der Waals surface area contributed by atoms with E-state index in [2.05, 4.69) is 22.3 Å². The first-order chi connectivity index (χ1) is 6.34. The van der Waals surface area contributed by atoms with Gasteiger partial charge in [-0.1, -0.05) is 18.1 Å². The molecule has 2 N–H and O–H groups in total. The van der Waals surface area contributed by atoms with Crippen LogP contribution in [-0.4, -0.2) is 31.1 Å². The van der Waals surface area contributed by atoms with Gasteiger partial charge in [0.25, 0.3) is 0 Å². The topological polar surface area (TPSA) is 54.0 Å². The molecule has 0 aliphatic heterocycles. The van der Waals surface area contributed by atoms with Gasteiger partial charge < -0.3 is 10.7 Å². The van der Waals surface area contributed by atoms with Crippen molar-refractivity contribution in [1.82, 2.24) is 4.90 Å². The summed E-state index contributed by atoms with van der Waals surface area (Å²) in [4.78, 5) is 2.44. The molecular formula is C9H20N4. The maximum Gasteiger partial charge on any atom is 0.0632 e. The van der Waals surface area contributed by atoms with E-state index in [1.54, 1.807) is 0 Å². The van der Waals surface area contributed by atoms with E-state index in [1.165, 1.54) is 25.7 Å². The van der Waals surface area contributed by atoms with Gasteiger partial charge in [0.2, 0.25) is 0 Å². The summed E-state index contributed by atoms with van der Waals surface area (Å²) >= 11 is 0. The van der Waals surface area contributed by atoms with Crippen molar-refractivity contribution in [3.05, 3.63) is 0 Å². The van der Waals surface area contributed by atoms with Gasteiger partial charge in [0.15, 0.2) is 0 Å². The summed E-state index contributed by atoms with van der Waals surface area (Å²) in [7, 11) is 2.20. The van der Waals surface area contributed by atoms with Gasteiger partial charge in [-0.15, -0.1) is 0 Å². The van der Waals surface area contributed by atoms with Crippen molar-refractivity contribution in [3.63, 3.8) is 0 Å². The number of rotatable bonds is 5. The Morgan fingerprint density at radius 3 is 2.69 bits per heavy atom. The standard InChI is InChI=1S/C9H20N4/c1-13(8-4-7-11-12-10)9-5-2-3-6-9/h9H,2-8H2,1H3,(H2,10,11). The van der Waals surface area contributed by atoms with Gasteiger partial charge in [-0.2, -0.15) is 5.11 Å². The van der Waals surface area contributed by atoms with E-state index in [1.807, 2.05) is 0 Å². The quantitative estimate of drug-likeness (QED) is 0.305. The number of hydrogen-bond donors (Lipinski definition) is 1. The Morgan fingerprint density at radius 1 is 1.38 bits per heavy atom. The smallest absolute Gasteiger partial charge is 0.0632 e. The summed E-state index contributed by atoms with van der Waals surface area (Å²) in [5.74, 6) is 4.91. The molecule has 0 aromatic rings. The highest BCUT2D eigenvalue weighted by Crippen LogP contribution is 2.22. The van der Waals surface area contributed by atoms with Gasteiger partial charge in [0.1, 0.15) is 0 Å². The van der Waals surface area contributed by atoms with Crippen LogP contribution in [-0.2, 0) is 0 Å². The number of nitrogens with zero attached hydrogens (tertiary/aromatic N) is 3. The van der Waals surface area contributed by atoms with Crippen molar-refractivity contribution < 1.29 is 0 Å². The highest BCUT2D eigenvalue weighted by atomic mass is 15.3. The van der Waals surface area contributed by atoms with Crippen LogP contribution in [0.4, 0.5) is 0 Å². The van der Waals surface area contributed by atoms with Crippen molar-refractivity contribution >= 4 is 0 Å². The lowest BCUT2D eigenvalue weighted by Crippen LogP contribution is -2.30. The molecular weight excluding hydrogens is 164 g/mol. The fourth-order valence-electron chi connectivity index (χ4n) is 1.98. The van der Waals surface area contributed by atoms with E-state index in [4.69, 9.17) is 5.84 Å². The van der Waals surface area contributed by atoms with Gasteiger partial charge >= 0.3 is 0 Å². The predicted molar refractivity (Wildman–Crippen MR) is 53.4 cm³/mol. The van der Waals surface area contributed by atoms with Crippen molar-refractivity contribution in [2.24, 2.45) is 16.2 Å². The Balaban J connectivity index is 2.06. The second-order valence-electron chi connectivity index (χ2n) is 3.75. The zero-order valence-corrected chi connectivity index (χ0v) is 8.45. The van der Waals surface area contributed by atoms with E-state index in [0.29, 0.717) is 0 Å². The molecule has 0 amide bonds. The van der Waals surface area contributed by atoms with Crippen LogP contribution in [0.2, 0.25) is 0 Å². The molecule has 0 spiro atoms. The van der Waals surface area contributed by atoms with Crippen LogP contribution >= 0.6 is 0 Å². The van der Waals surface area contributed by atoms with Crippen molar-refractivity contribution in [2.75, 3.05) is 20.1 Å². The molecule has 1 aliphatic carbocycles. The molecule has 0 unspecified atom stereocenters. The van der Waals surface area contributed by atoms with Crippen LogP contribution in [0.25, 0.3) is 0 Å². The lowest BCUT2D eigenvalue weighted by atomic mass is 10.2. The maximum absolute atomic E-state index is 4.91. The zero-order chi connectivity index (χ0) is 9.52. The minimum atomic E-state index is 0.758. The highest BCUT2D eigenvalue weighted by Gasteiger charge is 2.18. The van der Waals surface area contributed by atoms with Crippen molar-refractivity contribution in [1.29, 1.82) is 0 Å². The molecule has 4 heteroatoms. The molecule has 0 aromatic carbocycles. The van der Waals surface area contributed by atoms with Crippen LogP contribution in [0, 0.1) is 0 Å². The zero-order valence-electron chi connectivity index (χ0n) is 8.45. The first kappa shape index (κ1) is 10.4. The van der Waals surface area contributed by atoms with Gasteiger partial charge in [-0.3, -0.25) is 0 Å². The lowest BCUT2D eigenvalue weighted by Gasteiger charge is -2.23. The van der Waals surface area contributed by atoms with Crippen LogP contribution in [0.15, 0.2) is 10.3 Å². The minimum Gasteiger partial charge on any atom is -0.305 e. The summed E-state index contributed by atoms with van der Waals surface area (Å²) in [5.41, 5.74) is 0. The summed E-state index contributed by atoms with van der Waals surface area (Å²) in [6.07, 6.45) is 6.60. The monoisotopic (exact) mass is 184 g/mol. The molecule has 1 aliphatic rings. The second kappa shape index (κ2) is 5.91. The third-order valence-corrected chi connectivity index (χ3v) is 2.80. The molecule has 76 valence electrons. The largest absolute Gasteiger partial charge is 0.305 e. The summed E-state index contributed by atoms with van der Waals surface area (Å²) in [6.45, 7) is 1.87. The van der Waals surface area contributed by atoms with Gasteiger partial charge in [-0.05, 0) is 32.9 Å². The third-order valence-electron chi connectivity index (χ3n) is 2.80. The molecule has 0 heterocycles. The molecule has 0 saturated heterocycles. The molecule has 1 rings (SSSR count). The predicted octanol–water partition coefficient (Wildman–Crippen LogP) is 1.58. The summed E-state index contributed by atoms with van der Waals surface area (Å²) in [6, 6.07) is 0.815. The van der Waals surface area contributed by atoms with Crippen LogP contribution in [0.1, 0.15) is 32.1 Å². The molecule has 0 atom stereocenters. The Bertz CT molecular complexity index is 152. The van der Waals surface area contributed by atoms with Crippen LogP contribution in [0.3, 0.4) is 0 Å². The molecule has 4 nitrogen and oxygen atoms in total. The Labute approximate surface area is 80.2 Å². The van der Waals surface area contributed by atoms with Gasteiger partial charge in [-0.25, -0.2) is 0 Å². The normalized spacial score (nSPS) is 19.2. The molecule has 0 aromatic heterocycles. The van der Waals surface area contributed by atoms with E-state index in [-0.39, 0.29) is 0 Å². The average molecular weight is 184 g/mol. The van der Waals surface area contributed by atoms with E-state index < -0.39 is 0 Å². The van der Waals surface area contributed by atoms with Gasteiger partial charge in [0.05, 0.1) is 6.54 Å². The first-order valence-electron chi connectivity index (χ1n) is 5.11. The fourth-order valence-corrected chi connectivity index (χ4v) is 1.98. The van der Waals surface area contributed by atoms with E-state index >= 15 is 0 Å². The Morgan fingerprint density at radius 2 is 2.08 bits per heavy atom. The first-order valence-corrected chi connectivity index (χ1v) is 5.11. The van der Waals surface area contributed by atoms with Gasteiger partial charge in [0, 0.05) is 6.04 Å². The average Bonchev–Trinajstić information content (AvgIpc) is 2.65.